The quantitative estimate of drug-likeness (QED) is 0.646. The Morgan fingerprint density at radius 2 is 2.00 bits per heavy atom. The van der Waals surface area contributed by atoms with Gasteiger partial charge in [-0.25, -0.2) is 4.98 Å². The van der Waals surface area contributed by atoms with E-state index < -0.39 is 0 Å². The second-order valence-electron chi connectivity index (χ2n) is 8.82. The van der Waals surface area contributed by atoms with Gasteiger partial charge in [0, 0.05) is 38.5 Å². The van der Waals surface area contributed by atoms with Gasteiger partial charge in [0.05, 0.1) is 11.2 Å². The topological polar surface area (TPSA) is 71.2 Å². The minimum absolute atomic E-state index is 0.0723. The molecule has 6 nitrogen and oxygen atoms in total. The normalized spacial score (nSPS) is 21.1. The molecule has 1 saturated carbocycles. The van der Waals surface area contributed by atoms with Crippen molar-refractivity contribution >= 4 is 16.7 Å². The minimum Gasteiger partial charge on any atom is -0.490 e. The Hall–Kier alpha value is -3.33. The minimum atomic E-state index is -0.0723. The summed E-state index contributed by atoms with van der Waals surface area (Å²) >= 11 is 0. The Labute approximate surface area is 181 Å². The van der Waals surface area contributed by atoms with Gasteiger partial charge in [0.15, 0.2) is 0 Å². The van der Waals surface area contributed by atoms with Crippen molar-refractivity contribution in [1.29, 1.82) is 5.26 Å². The van der Waals surface area contributed by atoms with Gasteiger partial charge in [0.25, 0.3) is 5.56 Å². The number of hydrogen-bond acceptors (Lipinski definition) is 5. The number of aromatic nitrogens is 2. The van der Waals surface area contributed by atoms with Gasteiger partial charge >= 0.3 is 0 Å². The third-order valence-electron chi connectivity index (χ3n) is 6.54. The van der Waals surface area contributed by atoms with Crippen molar-refractivity contribution < 1.29 is 4.74 Å². The second-order valence-corrected chi connectivity index (χ2v) is 8.82. The van der Waals surface area contributed by atoms with Crippen LogP contribution in [-0.2, 0) is 7.05 Å². The number of nitriles is 1. The van der Waals surface area contributed by atoms with Crippen LogP contribution in [0.15, 0.2) is 47.3 Å². The lowest BCUT2D eigenvalue weighted by Crippen LogP contribution is -2.45. The van der Waals surface area contributed by atoms with Crippen molar-refractivity contribution in [3.63, 3.8) is 0 Å². The molecule has 31 heavy (non-hydrogen) atoms. The zero-order chi connectivity index (χ0) is 21.5. The number of benzene rings is 1. The molecule has 0 amide bonds. The molecular formula is C25H26N4O2. The molecule has 0 radical (unpaired) electrons. The van der Waals surface area contributed by atoms with Crippen LogP contribution < -0.4 is 15.2 Å². The molecule has 0 N–H and O–H groups in total. The molecule has 158 valence electrons. The fourth-order valence-electron chi connectivity index (χ4n) is 4.57. The van der Waals surface area contributed by atoms with Gasteiger partial charge in [-0.1, -0.05) is 19.1 Å². The molecule has 1 aromatic carbocycles. The van der Waals surface area contributed by atoms with Gasteiger partial charge in [-0.3, -0.25) is 4.79 Å². The van der Waals surface area contributed by atoms with Crippen LogP contribution in [0.4, 0.5) is 5.69 Å². The van der Waals surface area contributed by atoms with Crippen LogP contribution in [-0.4, -0.2) is 28.7 Å². The Balaban J connectivity index is 1.39. The van der Waals surface area contributed by atoms with E-state index in [9.17, 15) is 10.1 Å². The predicted octanol–water partition coefficient (Wildman–Crippen LogP) is 3.98. The molecule has 1 aliphatic heterocycles. The molecule has 2 aliphatic rings. The number of ether oxygens (including phenoxy) is 1. The molecule has 1 saturated heterocycles. The van der Waals surface area contributed by atoms with Crippen LogP contribution in [0, 0.1) is 17.2 Å². The van der Waals surface area contributed by atoms with Crippen molar-refractivity contribution in [3.8, 4) is 11.8 Å². The monoisotopic (exact) mass is 414 g/mol. The van der Waals surface area contributed by atoms with E-state index in [1.807, 2.05) is 6.07 Å². The Morgan fingerprint density at radius 1 is 1.16 bits per heavy atom. The Morgan fingerprint density at radius 3 is 2.74 bits per heavy atom. The summed E-state index contributed by atoms with van der Waals surface area (Å²) in [7, 11) is 1.74. The van der Waals surface area contributed by atoms with E-state index in [1.165, 1.54) is 18.4 Å². The van der Waals surface area contributed by atoms with E-state index >= 15 is 0 Å². The summed E-state index contributed by atoms with van der Waals surface area (Å²) in [6.45, 7) is 3.74. The molecule has 0 spiro atoms. The number of rotatable bonds is 4. The van der Waals surface area contributed by atoms with Crippen LogP contribution in [0.1, 0.15) is 43.4 Å². The highest BCUT2D eigenvalue weighted by Gasteiger charge is 2.30. The van der Waals surface area contributed by atoms with E-state index in [1.54, 1.807) is 29.8 Å². The first kappa shape index (κ1) is 19.6. The number of piperidine rings is 1. The maximum Gasteiger partial charge on any atom is 0.252 e. The summed E-state index contributed by atoms with van der Waals surface area (Å²) in [6, 6.07) is 15.7. The van der Waals surface area contributed by atoms with Crippen molar-refractivity contribution in [2.24, 2.45) is 13.0 Å². The molecule has 3 aromatic rings. The molecule has 2 atom stereocenters. The first-order chi connectivity index (χ1) is 15.0. The molecule has 5 rings (SSSR count). The summed E-state index contributed by atoms with van der Waals surface area (Å²) in [6.07, 6.45) is 3.56. The van der Waals surface area contributed by atoms with Crippen LogP contribution in [0.3, 0.4) is 0 Å². The van der Waals surface area contributed by atoms with Gasteiger partial charge in [-0.15, -0.1) is 0 Å². The number of nitrogens with zero attached hydrogens (tertiary/aromatic N) is 4. The van der Waals surface area contributed by atoms with E-state index in [4.69, 9.17) is 4.74 Å². The molecule has 6 heteroatoms. The van der Waals surface area contributed by atoms with E-state index in [0.717, 1.165) is 36.5 Å². The Bertz CT molecular complexity index is 1240. The Kier molecular flexibility index (Phi) is 4.90. The molecule has 3 heterocycles. The lowest BCUT2D eigenvalue weighted by molar-refractivity contribution is 0.121. The first-order valence-electron chi connectivity index (χ1n) is 11.0. The van der Waals surface area contributed by atoms with Gasteiger partial charge in [0.2, 0.25) is 0 Å². The average Bonchev–Trinajstić information content (AvgIpc) is 3.63. The van der Waals surface area contributed by atoms with E-state index in [-0.39, 0.29) is 17.6 Å². The third-order valence-corrected chi connectivity index (χ3v) is 6.54. The number of pyridine rings is 2. The van der Waals surface area contributed by atoms with Crippen molar-refractivity contribution in [2.75, 3.05) is 18.0 Å². The smallest absolute Gasteiger partial charge is 0.252 e. The summed E-state index contributed by atoms with van der Waals surface area (Å²) in [5.41, 5.74) is 3.91. The number of fused-ring (bicyclic) bond motifs is 1. The predicted molar refractivity (Wildman–Crippen MR) is 121 cm³/mol. The van der Waals surface area contributed by atoms with Crippen LogP contribution in [0.25, 0.3) is 11.0 Å². The summed E-state index contributed by atoms with van der Waals surface area (Å²) < 4.78 is 7.97. The molecule has 2 fully saturated rings. The maximum absolute atomic E-state index is 12.5. The SMILES string of the molecule is C[C@@H]1CN(c2cc(=O)n(C)c3ccc(C#N)nc23)CC[C@@H]1Oc1cccc(C2CC2)c1. The largest absolute Gasteiger partial charge is 0.490 e. The second kappa shape index (κ2) is 7.73. The summed E-state index contributed by atoms with van der Waals surface area (Å²) in [5.74, 6) is 1.95. The molecule has 2 aromatic heterocycles. The third kappa shape index (κ3) is 3.76. The van der Waals surface area contributed by atoms with E-state index in [0.29, 0.717) is 17.1 Å². The van der Waals surface area contributed by atoms with Crippen molar-refractivity contribution in [1.82, 2.24) is 9.55 Å². The maximum atomic E-state index is 12.5. The van der Waals surface area contributed by atoms with E-state index in [2.05, 4.69) is 41.1 Å². The van der Waals surface area contributed by atoms with Gasteiger partial charge in [-0.2, -0.15) is 5.26 Å². The highest BCUT2D eigenvalue weighted by molar-refractivity contribution is 5.88. The number of hydrogen-bond donors (Lipinski definition) is 0. The zero-order valence-electron chi connectivity index (χ0n) is 17.9. The van der Waals surface area contributed by atoms with Crippen LogP contribution >= 0.6 is 0 Å². The molecule has 1 aliphatic carbocycles. The first-order valence-corrected chi connectivity index (χ1v) is 11.0. The highest BCUT2D eigenvalue weighted by atomic mass is 16.5. The zero-order valence-corrected chi connectivity index (χ0v) is 17.9. The lowest BCUT2D eigenvalue weighted by atomic mass is 9.95. The summed E-state index contributed by atoms with van der Waals surface area (Å²) in [4.78, 5) is 19.3. The van der Waals surface area contributed by atoms with Crippen LogP contribution in [0.5, 0.6) is 5.75 Å². The van der Waals surface area contributed by atoms with Crippen molar-refractivity contribution in [3.05, 3.63) is 64.1 Å². The number of aryl methyl sites for hydroxylation is 1. The molecular weight excluding hydrogens is 388 g/mol. The van der Waals surface area contributed by atoms with Gasteiger partial charge < -0.3 is 14.2 Å². The summed E-state index contributed by atoms with van der Waals surface area (Å²) in [5, 5.41) is 9.29. The fraction of sp³-hybridized carbons (Fsp3) is 0.400. The molecule has 0 bridgehead atoms. The molecule has 0 unspecified atom stereocenters. The highest BCUT2D eigenvalue weighted by Crippen LogP contribution is 2.41. The standard InChI is InChI=1S/C25H26N4O2/c1-16-15-29(11-10-23(16)31-20-5-3-4-18(12-20)17-6-7-17)22-13-24(30)28(2)21-9-8-19(14-26)27-25(21)22/h3-5,8-9,12-13,16-17,23H,6-7,10-11,15H2,1-2H3/t16-,23+/m1/s1. The lowest BCUT2D eigenvalue weighted by Gasteiger charge is -2.38. The van der Waals surface area contributed by atoms with Crippen LogP contribution in [0.2, 0.25) is 0 Å². The number of anilines is 1. The van der Waals surface area contributed by atoms with Gasteiger partial charge in [0.1, 0.15) is 29.1 Å². The van der Waals surface area contributed by atoms with Gasteiger partial charge in [-0.05, 0) is 48.6 Å². The van der Waals surface area contributed by atoms with Crippen molar-refractivity contribution in [2.45, 2.75) is 38.2 Å². The average molecular weight is 415 g/mol. The fourth-order valence-corrected chi connectivity index (χ4v) is 4.57.